The minimum absolute atomic E-state index is 0.207. The van der Waals surface area contributed by atoms with E-state index in [9.17, 15) is 27.6 Å². The van der Waals surface area contributed by atoms with Gasteiger partial charge in [-0.3, -0.25) is 14.5 Å². The van der Waals surface area contributed by atoms with E-state index in [1.54, 1.807) is 23.1 Å². The first kappa shape index (κ1) is 15.1. The van der Waals surface area contributed by atoms with Crippen LogP contribution in [0.4, 0.5) is 18.0 Å². The fourth-order valence-electron chi connectivity index (χ4n) is 1.94. The van der Waals surface area contributed by atoms with Gasteiger partial charge < -0.3 is 9.88 Å². The van der Waals surface area contributed by atoms with Crippen molar-refractivity contribution in [1.82, 2.24) is 14.8 Å². The zero-order chi connectivity index (χ0) is 16.0. The van der Waals surface area contributed by atoms with E-state index in [0.29, 0.717) is 6.92 Å². The second kappa shape index (κ2) is 4.61. The maximum Gasteiger partial charge on any atom is 0.420 e. The summed E-state index contributed by atoms with van der Waals surface area (Å²) in [4.78, 5) is 35.6. The van der Waals surface area contributed by atoms with Gasteiger partial charge in [0.2, 0.25) is 5.54 Å². The highest BCUT2D eigenvalue weighted by molar-refractivity contribution is 6.11. The number of halogens is 3. The Morgan fingerprint density at radius 3 is 2.43 bits per heavy atom. The number of Topliss-reactive ketones (excluding diaryl/α,β-unsaturated/α-hetero) is 1. The fourth-order valence-corrected chi connectivity index (χ4v) is 1.94. The minimum atomic E-state index is -4.94. The molecule has 2 heterocycles. The second-order valence-corrected chi connectivity index (χ2v) is 4.93. The minimum Gasteiger partial charge on any atom is -0.357 e. The van der Waals surface area contributed by atoms with Crippen molar-refractivity contribution in [3.63, 3.8) is 0 Å². The molecule has 1 aromatic heterocycles. The van der Waals surface area contributed by atoms with E-state index in [1.165, 1.54) is 12.3 Å². The molecular formula is C12H12F3N3O3. The van der Waals surface area contributed by atoms with Gasteiger partial charge in [-0.1, -0.05) is 0 Å². The molecule has 0 aromatic carbocycles. The van der Waals surface area contributed by atoms with Gasteiger partial charge in [0.15, 0.2) is 5.78 Å². The number of rotatable bonds is 3. The van der Waals surface area contributed by atoms with Gasteiger partial charge in [0, 0.05) is 25.0 Å². The Hall–Kier alpha value is -2.32. The molecule has 6 nitrogen and oxygen atoms in total. The SMILES string of the molecule is Cn1ccc(C(=O)CN2C(=O)NC(C)(C(F)(F)F)C2=O)c1. The zero-order valence-corrected chi connectivity index (χ0v) is 11.2. The monoisotopic (exact) mass is 303 g/mol. The average molecular weight is 303 g/mol. The maximum absolute atomic E-state index is 12.9. The van der Waals surface area contributed by atoms with Crippen LogP contribution in [-0.2, 0) is 11.8 Å². The third-order valence-electron chi connectivity index (χ3n) is 3.30. The molecule has 0 saturated carbocycles. The summed E-state index contributed by atoms with van der Waals surface area (Å²) in [5, 5.41) is 1.59. The molecule has 1 fully saturated rings. The number of aromatic nitrogens is 1. The van der Waals surface area contributed by atoms with Crippen LogP contribution < -0.4 is 5.32 Å². The summed E-state index contributed by atoms with van der Waals surface area (Å²) >= 11 is 0. The number of carbonyl (C=O) groups is 3. The van der Waals surface area contributed by atoms with Crippen LogP contribution in [0.1, 0.15) is 17.3 Å². The van der Waals surface area contributed by atoms with Gasteiger partial charge >= 0.3 is 12.2 Å². The van der Waals surface area contributed by atoms with Gasteiger partial charge in [-0.05, 0) is 13.0 Å². The lowest BCUT2D eigenvalue weighted by Gasteiger charge is -2.24. The quantitative estimate of drug-likeness (QED) is 0.671. The average Bonchev–Trinajstić information content (AvgIpc) is 2.87. The van der Waals surface area contributed by atoms with E-state index in [1.807, 2.05) is 0 Å². The highest BCUT2D eigenvalue weighted by Gasteiger charge is 2.64. The molecule has 3 amide bonds. The fraction of sp³-hybridized carbons (Fsp3) is 0.417. The van der Waals surface area contributed by atoms with Crippen molar-refractivity contribution in [3.8, 4) is 0 Å². The molecule has 1 saturated heterocycles. The largest absolute Gasteiger partial charge is 0.420 e. The van der Waals surface area contributed by atoms with Gasteiger partial charge in [-0.2, -0.15) is 13.2 Å². The highest BCUT2D eigenvalue weighted by Crippen LogP contribution is 2.35. The molecule has 0 aliphatic carbocycles. The molecule has 1 aliphatic rings. The Balaban J connectivity index is 2.20. The molecule has 9 heteroatoms. The van der Waals surface area contributed by atoms with E-state index >= 15 is 0 Å². The van der Waals surface area contributed by atoms with Gasteiger partial charge in [0.25, 0.3) is 5.91 Å². The molecule has 0 bridgehead atoms. The van der Waals surface area contributed by atoms with Gasteiger partial charge in [0.05, 0.1) is 6.54 Å². The van der Waals surface area contributed by atoms with Crippen LogP contribution in [0.5, 0.6) is 0 Å². The number of nitrogens with one attached hydrogen (secondary N) is 1. The van der Waals surface area contributed by atoms with Crippen molar-refractivity contribution in [2.45, 2.75) is 18.6 Å². The number of urea groups is 1. The topological polar surface area (TPSA) is 71.4 Å². The van der Waals surface area contributed by atoms with Crippen molar-refractivity contribution in [2.24, 2.45) is 7.05 Å². The Bertz CT molecular complexity index is 623. The lowest BCUT2D eigenvalue weighted by Crippen LogP contribution is -2.56. The predicted octanol–water partition coefficient (Wildman–Crippen LogP) is 1.08. The van der Waals surface area contributed by atoms with Gasteiger partial charge in [-0.15, -0.1) is 0 Å². The molecule has 0 radical (unpaired) electrons. The third-order valence-corrected chi connectivity index (χ3v) is 3.30. The molecule has 1 aliphatic heterocycles. The molecule has 1 aromatic rings. The van der Waals surface area contributed by atoms with Crippen molar-refractivity contribution in [3.05, 3.63) is 24.0 Å². The smallest absolute Gasteiger partial charge is 0.357 e. The van der Waals surface area contributed by atoms with Gasteiger partial charge in [-0.25, -0.2) is 4.79 Å². The first-order valence-electron chi connectivity index (χ1n) is 5.92. The van der Waals surface area contributed by atoms with Crippen LogP contribution in [0.25, 0.3) is 0 Å². The Kier molecular flexibility index (Phi) is 3.31. The molecule has 1 unspecified atom stereocenters. The number of hydrogen-bond donors (Lipinski definition) is 1. The molecule has 2 rings (SSSR count). The molecule has 1 N–H and O–H groups in total. The Morgan fingerprint density at radius 1 is 1.38 bits per heavy atom. The van der Waals surface area contributed by atoms with Crippen LogP contribution in [-0.4, -0.2) is 45.4 Å². The third kappa shape index (κ3) is 2.39. The number of alkyl halides is 3. The predicted molar refractivity (Wildman–Crippen MR) is 64.4 cm³/mol. The van der Waals surface area contributed by atoms with E-state index in [-0.39, 0.29) is 10.5 Å². The summed E-state index contributed by atoms with van der Waals surface area (Å²) in [6, 6.07) is 0.216. The summed E-state index contributed by atoms with van der Waals surface area (Å²) in [5.41, 5.74) is -2.79. The molecule has 1 atom stereocenters. The van der Waals surface area contributed by atoms with Crippen LogP contribution in [0, 0.1) is 0 Å². The Morgan fingerprint density at radius 2 is 2.00 bits per heavy atom. The number of amides is 3. The highest BCUT2D eigenvalue weighted by atomic mass is 19.4. The van der Waals surface area contributed by atoms with Crippen molar-refractivity contribution in [1.29, 1.82) is 0 Å². The lowest BCUT2D eigenvalue weighted by molar-refractivity contribution is -0.190. The summed E-state index contributed by atoms with van der Waals surface area (Å²) in [6.07, 6.45) is -1.92. The normalized spacial score (nSPS) is 22.6. The number of aryl methyl sites for hydroxylation is 1. The lowest BCUT2D eigenvalue weighted by atomic mass is 10.0. The number of ketones is 1. The first-order valence-corrected chi connectivity index (χ1v) is 5.92. The molecule has 21 heavy (non-hydrogen) atoms. The maximum atomic E-state index is 12.9. The Labute approximate surface area is 117 Å². The first-order chi connectivity index (χ1) is 9.56. The van der Waals surface area contributed by atoms with Crippen LogP contribution in [0.15, 0.2) is 18.5 Å². The number of hydrogen-bond acceptors (Lipinski definition) is 3. The molecule has 114 valence electrons. The standard InChI is InChI=1S/C12H12F3N3O3/c1-11(12(13,14)15)9(20)18(10(21)16-11)6-8(19)7-3-4-17(2)5-7/h3-5H,6H2,1-2H3,(H,16,21). The molecule has 0 spiro atoms. The molecular weight excluding hydrogens is 291 g/mol. The van der Waals surface area contributed by atoms with E-state index in [0.717, 1.165) is 0 Å². The van der Waals surface area contributed by atoms with Gasteiger partial charge in [0.1, 0.15) is 0 Å². The van der Waals surface area contributed by atoms with Crippen molar-refractivity contribution in [2.75, 3.05) is 6.54 Å². The summed E-state index contributed by atoms with van der Waals surface area (Å²) in [5.74, 6) is -2.10. The second-order valence-electron chi connectivity index (χ2n) is 4.93. The van der Waals surface area contributed by atoms with Crippen LogP contribution in [0.2, 0.25) is 0 Å². The number of imide groups is 1. The van der Waals surface area contributed by atoms with E-state index in [2.05, 4.69) is 0 Å². The van der Waals surface area contributed by atoms with Crippen LogP contribution in [0.3, 0.4) is 0 Å². The zero-order valence-electron chi connectivity index (χ0n) is 11.2. The van der Waals surface area contributed by atoms with Crippen LogP contribution >= 0.6 is 0 Å². The van der Waals surface area contributed by atoms with Crippen molar-refractivity contribution >= 4 is 17.7 Å². The van der Waals surface area contributed by atoms with E-state index < -0.39 is 36.0 Å². The van der Waals surface area contributed by atoms with E-state index in [4.69, 9.17) is 0 Å². The number of nitrogens with zero attached hydrogens (tertiary/aromatic N) is 2. The summed E-state index contributed by atoms with van der Waals surface area (Å²) in [7, 11) is 1.66. The summed E-state index contributed by atoms with van der Waals surface area (Å²) in [6.45, 7) is -0.166. The van der Waals surface area contributed by atoms with Crippen molar-refractivity contribution < 1.29 is 27.6 Å². The summed E-state index contributed by atoms with van der Waals surface area (Å²) < 4.78 is 40.1. The number of carbonyl (C=O) groups excluding carboxylic acids is 3.